The summed E-state index contributed by atoms with van der Waals surface area (Å²) < 4.78 is 43.3. The predicted octanol–water partition coefficient (Wildman–Crippen LogP) is 2.86. The smallest absolute Gasteiger partial charge is 0.360 e. The number of benzene rings is 1. The Labute approximate surface area is 145 Å². The summed E-state index contributed by atoms with van der Waals surface area (Å²) in [5, 5.41) is 17.6. The van der Waals surface area contributed by atoms with Gasteiger partial charge in [-0.3, -0.25) is 4.79 Å². The van der Waals surface area contributed by atoms with Gasteiger partial charge < -0.3 is 9.84 Å². The van der Waals surface area contributed by atoms with Crippen LogP contribution < -0.4 is 5.32 Å². The van der Waals surface area contributed by atoms with Crippen molar-refractivity contribution in [3.63, 3.8) is 0 Å². The van der Waals surface area contributed by atoms with Crippen LogP contribution in [0.25, 0.3) is 11.4 Å². The van der Waals surface area contributed by atoms with Crippen LogP contribution in [-0.4, -0.2) is 31.3 Å². The highest BCUT2D eigenvalue weighted by Gasteiger charge is 2.31. The normalized spacial score (nSPS) is 12.8. The van der Waals surface area contributed by atoms with Crippen molar-refractivity contribution in [2.24, 2.45) is 0 Å². The van der Waals surface area contributed by atoms with E-state index in [-0.39, 0.29) is 17.2 Å². The second-order valence-electron chi connectivity index (χ2n) is 5.50. The van der Waals surface area contributed by atoms with Gasteiger partial charge in [-0.2, -0.15) is 18.0 Å². The molecule has 1 N–H and O–H groups in total. The number of amides is 1. The molecule has 0 saturated carbocycles. The van der Waals surface area contributed by atoms with Crippen molar-refractivity contribution < 1.29 is 22.5 Å². The van der Waals surface area contributed by atoms with E-state index in [1.807, 2.05) is 0 Å². The highest BCUT2D eigenvalue weighted by Crippen LogP contribution is 2.31. The molecule has 0 unspecified atom stereocenters. The summed E-state index contributed by atoms with van der Waals surface area (Å²) in [6, 6.07) is 5.22. The molecular weight excluding hydrogens is 353 g/mol. The average molecular weight is 366 g/mol. The molecule has 3 rings (SSSR count). The van der Waals surface area contributed by atoms with Gasteiger partial charge in [0.25, 0.3) is 5.91 Å². The Kier molecular flexibility index (Phi) is 4.45. The predicted molar refractivity (Wildman–Crippen MR) is 82.8 cm³/mol. The average Bonchev–Trinajstić information content (AvgIpc) is 3.23. The lowest BCUT2D eigenvalue weighted by Gasteiger charge is -2.08. The van der Waals surface area contributed by atoms with Gasteiger partial charge in [-0.25, -0.2) is 0 Å². The number of halogens is 3. The summed E-state index contributed by atoms with van der Waals surface area (Å²) in [4.78, 5) is 13.2. The van der Waals surface area contributed by atoms with E-state index in [2.05, 4.69) is 25.9 Å². The van der Waals surface area contributed by atoms with Crippen molar-refractivity contribution >= 4 is 11.7 Å². The van der Waals surface area contributed by atoms with Crippen LogP contribution in [0.4, 0.5) is 19.0 Å². The number of alkyl halides is 3. The molecule has 136 valence electrons. The Morgan fingerprint density at radius 2 is 2.08 bits per heavy atom. The van der Waals surface area contributed by atoms with Gasteiger partial charge in [-0.05, 0) is 31.2 Å². The van der Waals surface area contributed by atoms with Gasteiger partial charge in [0.15, 0.2) is 5.82 Å². The number of aryl methyl sites for hydroxylation is 1. The Morgan fingerprint density at radius 1 is 1.31 bits per heavy atom. The lowest BCUT2D eigenvalue weighted by molar-refractivity contribution is -0.137. The quantitative estimate of drug-likeness (QED) is 0.762. The van der Waals surface area contributed by atoms with E-state index in [4.69, 9.17) is 4.52 Å². The van der Waals surface area contributed by atoms with E-state index < -0.39 is 23.7 Å². The van der Waals surface area contributed by atoms with Crippen LogP contribution in [0.3, 0.4) is 0 Å². The zero-order chi connectivity index (χ0) is 18.9. The van der Waals surface area contributed by atoms with Crippen molar-refractivity contribution in [3.05, 3.63) is 41.7 Å². The van der Waals surface area contributed by atoms with E-state index in [1.165, 1.54) is 25.1 Å². The van der Waals surface area contributed by atoms with E-state index in [0.717, 1.165) is 16.9 Å². The molecule has 0 bridgehead atoms. The van der Waals surface area contributed by atoms with Gasteiger partial charge in [-0.15, -0.1) is 10.2 Å². The molecule has 1 amide bonds. The summed E-state index contributed by atoms with van der Waals surface area (Å²) >= 11 is 0. The highest BCUT2D eigenvalue weighted by molar-refractivity contribution is 5.92. The maximum absolute atomic E-state index is 12.8. The van der Waals surface area contributed by atoms with E-state index >= 15 is 0 Å². The maximum Gasteiger partial charge on any atom is 0.416 e. The number of carbonyl (C=O) groups excluding carboxylic acids is 1. The van der Waals surface area contributed by atoms with E-state index in [9.17, 15) is 18.0 Å². The van der Waals surface area contributed by atoms with Crippen LogP contribution in [0.15, 0.2) is 34.9 Å². The third-order valence-corrected chi connectivity index (χ3v) is 3.48. The van der Waals surface area contributed by atoms with Crippen LogP contribution in [0.1, 0.15) is 24.3 Å². The number of carbonyl (C=O) groups is 1. The van der Waals surface area contributed by atoms with Gasteiger partial charge in [0.2, 0.25) is 5.82 Å². The second kappa shape index (κ2) is 6.58. The lowest BCUT2D eigenvalue weighted by atomic mass is 10.1. The molecule has 3 aromatic rings. The van der Waals surface area contributed by atoms with E-state index in [1.54, 1.807) is 6.92 Å². The molecule has 8 nitrogen and oxygen atoms in total. The topological polar surface area (TPSA) is 98.7 Å². The van der Waals surface area contributed by atoms with Crippen molar-refractivity contribution in [1.82, 2.24) is 25.4 Å². The first kappa shape index (κ1) is 17.6. The number of tetrazole rings is 1. The molecule has 0 saturated heterocycles. The first-order valence-electron chi connectivity index (χ1n) is 7.45. The fourth-order valence-corrected chi connectivity index (χ4v) is 2.10. The second-order valence-corrected chi connectivity index (χ2v) is 5.50. The Balaban J connectivity index is 1.78. The van der Waals surface area contributed by atoms with Gasteiger partial charge in [0, 0.05) is 11.6 Å². The zero-order valence-electron chi connectivity index (χ0n) is 13.7. The summed E-state index contributed by atoms with van der Waals surface area (Å²) in [6.07, 6.45) is -4.48. The van der Waals surface area contributed by atoms with Gasteiger partial charge in [0.05, 0.1) is 5.56 Å². The number of hydrogen-bond donors (Lipinski definition) is 1. The van der Waals surface area contributed by atoms with Crippen molar-refractivity contribution in [2.45, 2.75) is 26.1 Å². The Bertz CT molecular complexity index is 933. The van der Waals surface area contributed by atoms with Crippen LogP contribution >= 0.6 is 0 Å². The fraction of sp³-hybridized carbons (Fsp3) is 0.267. The minimum absolute atomic E-state index is 0.0203. The standard InChI is InChI=1S/C15H13F3N6O2/c1-8-6-12(22-26-8)19-14(25)9(2)24-21-13(20-23-24)10-4-3-5-11(7-10)15(16,17)18/h3-7,9H,1-2H3,(H,19,22,25)/t9-/m0/s1. The van der Waals surface area contributed by atoms with Gasteiger partial charge in [0.1, 0.15) is 11.8 Å². The highest BCUT2D eigenvalue weighted by atomic mass is 19.4. The zero-order valence-corrected chi connectivity index (χ0v) is 13.7. The molecule has 0 aliphatic carbocycles. The van der Waals surface area contributed by atoms with Crippen molar-refractivity contribution in [2.75, 3.05) is 5.32 Å². The summed E-state index contributed by atoms with van der Waals surface area (Å²) in [6.45, 7) is 3.19. The summed E-state index contributed by atoms with van der Waals surface area (Å²) in [5.74, 6) is 0.260. The van der Waals surface area contributed by atoms with Gasteiger partial charge in [-0.1, -0.05) is 17.3 Å². The first-order valence-corrected chi connectivity index (χ1v) is 7.45. The molecule has 1 atom stereocenters. The molecule has 11 heteroatoms. The molecule has 26 heavy (non-hydrogen) atoms. The molecule has 0 radical (unpaired) electrons. The Morgan fingerprint density at radius 3 is 2.73 bits per heavy atom. The number of hydrogen-bond acceptors (Lipinski definition) is 6. The number of nitrogens with zero attached hydrogens (tertiary/aromatic N) is 5. The molecule has 0 spiro atoms. The minimum atomic E-state index is -4.48. The Hall–Kier alpha value is -3.24. The van der Waals surface area contributed by atoms with Crippen molar-refractivity contribution in [1.29, 1.82) is 0 Å². The SMILES string of the molecule is Cc1cc(NC(=O)[C@H](C)n2nnc(-c3cccc(C(F)(F)F)c3)n2)no1. The fourth-order valence-electron chi connectivity index (χ4n) is 2.10. The van der Waals surface area contributed by atoms with Crippen LogP contribution in [0, 0.1) is 6.92 Å². The number of nitrogens with one attached hydrogen (secondary N) is 1. The third kappa shape index (κ3) is 3.71. The largest absolute Gasteiger partial charge is 0.416 e. The number of aromatic nitrogens is 5. The molecule has 2 heterocycles. The summed E-state index contributed by atoms with van der Waals surface area (Å²) in [5.41, 5.74) is -0.677. The van der Waals surface area contributed by atoms with Gasteiger partial charge >= 0.3 is 6.18 Å². The third-order valence-electron chi connectivity index (χ3n) is 3.48. The molecule has 0 fully saturated rings. The summed E-state index contributed by atoms with van der Waals surface area (Å²) in [7, 11) is 0. The maximum atomic E-state index is 12.8. The van der Waals surface area contributed by atoms with Crippen LogP contribution in [0.5, 0.6) is 0 Å². The molecule has 1 aromatic carbocycles. The molecule has 0 aliphatic heterocycles. The minimum Gasteiger partial charge on any atom is -0.360 e. The number of rotatable bonds is 4. The van der Waals surface area contributed by atoms with E-state index in [0.29, 0.717) is 5.76 Å². The van der Waals surface area contributed by atoms with Crippen molar-refractivity contribution in [3.8, 4) is 11.4 Å². The monoisotopic (exact) mass is 366 g/mol. The molecule has 0 aliphatic rings. The first-order chi connectivity index (χ1) is 12.2. The molecular formula is C15H13F3N6O2. The van der Waals surface area contributed by atoms with Crippen LogP contribution in [-0.2, 0) is 11.0 Å². The van der Waals surface area contributed by atoms with Crippen LogP contribution in [0.2, 0.25) is 0 Å². The number of anilines is 1. The lowest BCUT2D eigenvalue weighted by Crippen LogP contribution is -2.25. The molecule has 2 aromatic heterocycles.